The van der Waals surface area contributed by atoms with Crippen LogP contribution in [0.15, 0.2) is 93.8 Å². The summed E-state index contributed by atoms with van der Waals surface area (Å²) in [6.07, 6.45) is 0. The van der Waals surface area contributed by atoms with Crippen molar-refractivity contribution in [1.29, 1.82) is 0 Å². The number of furan rings is 2. The summed E-state index contributed by atoms with van der Waals surface area (Å²) in [6, 6.07) is 29.9. The summed E-state index contributed by atoms with van der Waals surface area (Å²) in [4.78, 5) is 16.4. The van der Waals surface area contributed by atoms with E-state index >= 15 is 0 Å². The molecule has 286 valence electrons. The molecule has 0 radical (unpaired) electrons. The molecule has 0 saturated heterocycles. The summed E-state index contributed by atoms with van der Waals surface area (Å²) in [6.45, 7) is 0. The maximum atomic E-state index is 6.95. The van der Waals surface area contributed by atoms with E-state index in [1.54, 1.807) is 0 Å². The third-order valence-electron chi connectivity index (χ3n) is 15.0. The summed E-state index contributed by atoms with van der Waals surface area (Å²) >= 11 is 0. The zero-order valence-corrected chi connectivity index (χ0v) is 38.2. The molecule has 0 amide bonds. The van der Waals surface area contributed by atoms with Gasteiger partial charge in [-0.2, -0.15) is 0 Å². The molecule has 4 heterocycles. The van der Waals surface area contributed by atoms with E-state index in [1.807, 2.05) is 0 Å². The first-order chi connectivity index (χ1) is 30.3. The second kappa shape index (κ2) is 14.1. The summed E-state index contributed by atoms with van der Waals surface area (Å²) in [5, 5.41) is 6.76. The van der Waals surface area contributed by atoms with Crippen LogP contribution in [0.1, 0.15) is 0 Å². The largest absolute Gasteiger partial charge is 0.457 e. The number of benzene rings is 7. The molecule has 11 rings (SSSR count). The molecule has 0 bridgehead atoms. The molecule has 0 aliphatic carbocycles. The van der Waals surface area contributed by atoms with E-state index in [0.29, 0.717) is 17.5 Å². The fourth-order valence-corrected chi connectivity index (χ4v) is 10.6. The topological polar surface area (TPSA) is 69.9 Å². The lowest BCUT2D eigenvalue weighted by Gasteiger charge is -2.21. The second-order valence-corrected chi connectivity index (χ2v) is 17.9. The molecule has 4 aromatic heterocycles. The minimum atomic E-state index is 0.597. The van der Waals surface area contributed by atoms with E-state index in [0.717, 1.165) is 77.4 Å². The summed E-state index contributed by atoms with van der Waals surface area (Å²) in [5.41, 5.74) is 24.1. The molecule has 11 aromatic rings. The van der Waals surface area contributed by atoms with Gasteiger partial charge in [0, 0.05) is 49.0 Å². The first kappa shape index (κ1) is 39.6. The Morgan fingerprint density at radius 1 is 0.349 bits per heavy atom. The lowest BCUT2D eigenvalue weighted by atomic mass is 9.60. The van der Waals surface area contributed by atoms with Gasteiger partial charge in [-0.15, -0.1) is 21.9 Å². The Kier molecular flexibility index (Phi) is 8.87. The Hall–Kier alpha value is -6.27. The van der Waals surface area contributed by atoms with Crippen LogP contribution in [0.3, 0.4) is 0 Å². The van der Waals surface area contributed by atoms with E-state index in [9.17, 15) is 0 Å². The Labute approximate surface area is 376 Å². The van der Waals surface area contributed by atoms with Crippen LogP contribution in [-0.2, 0) is 0 Å². The molecule has 0 aliphatic heterocycles. The lowest BCUT2D eigenvalue weighted by Crippen LogP contribution is -2.55. The molecule has 0 unspecified atom stereocenters. The van der Waals surface area contributed by atoms with E-state index in [4.69, 9.17) is 23.8 Å². The average molecular weight is 797 g/mol. The second-order valence-electron chi connectivity index (χ2n) is 17.9. The van der Waals surface area contributed by atoms with Gasteiger partial charge in [-0.25, -0.2) is 15.0 Å². The van der Waals surface area contributed by atoms with Crippen LogP contribution < -0.4 is 65.6 Å². The van der Waals surface area contributed by atoms with Crippen molar-refractivity contribution >= 4 is 225 Å². The van der Waals surface area contributed by atoms with Gasteiger partial charge in [-0.05, 0) is 29.7 Å². The number of aromatic nitrogens is 4. The molecule has 18 heteroatoms. The van der Waals surface area contributed by atoms with Gasteiger partial charge in [0.2, 0.25) is 0 Å². The zero-order chi connectivity index (χ0) is 43.9. The first-order valence-corrected chi connectivity index (χ1v) is 22.0. The molecule has 0 saturated carbocycles. The molecular formula is C45H38B12N4O2. The summed E-state index contributed by atoms with van der Waals surface area (Å²) in [5.74, 6) is 1.88. The maximum Gasteiger partial charge on any atom is 0.164 e. The van der Waals surface area contributed by atoms with Gasteiger partial charge in [-0.1, -0.05) is 98.9 Å². The molecule has 0 atom stereocenters. The number of nitrogens with zero attached hydrogens (tertiary/aromatic N) is 4. The number of para-hydroxylation sites is 3. The minimum absolute atomic E-state index is 0.597. The van der Waals surface area contributed by atoms with E-state index in [1.165, 1.54) is 76.2 Å². The highest BCUT2D eigenvalue weighted by atomic mass is 16.3. The van der Waals surface area contributed by atoms with Crippen molar-refractivity contribution in [2.75, 3.05) is 0 Å². The van der Waals surface area contributed by atoms with E-state index < -0.39 is 0 Å². The Morgan fingerprint density at radius 2 is 0.810 bits per heavy atom. The Bertz CT molecular complexity index is 3780. The number of fused-ring (bicyclic) bond motifs is 9. The monoisotopic (exact) mass is 798 g/mol. The van der Waals surface area contributed by atoms with Gasteiger partial charge in [0.05, 0.1) is 16.7 Å². The third kappa shape index (κ3) is 5.46. The van der Waals surface area contributed by atoms with Crippen molar-refractivity contribution in [3.63, 3.8) is 0 Å². The highest BCUT2D eigenvalue weighted by Gasteiger charge is 2.27. The molecule has 0 aliphatic rings. The molecule has 0 spiro atoms. The predicted molar refractivity (Wildman–Crippen MR) is 303 cm³/mol. The van der Waals surface area contributed by atoms with E-state index in [2.05, 4.69) is 184 Å². The van der Waals surface area contributed by atoms with E-state index in [-0.39, 0.29) is 0 Å². The van der Waals surface area contributed by atoms with Crippen molar-refractivity contribution < 1.29 is 8.83 Å². The van der Waals surface area contributed by atoms with Crippen molar-refractivity contribution in [2.45, 2.75) is 0 Å². The van der Waals surface area contributed by atoms with Crippen LogP contribution in [0, 0.1) is 0 Å². The van der Waals surface area contributed by atoms with Crippen LogP contribution in [0.25, 0.3) is 106 Å². The number of hydrogen-bond acceptors (Lipinski definition) is 5. The minimum Gasteiger partial charge on any atom is -0.457 e. The Balaban J connectivity index is 1.22. The van der Waals surface area contributed by atoms with Gasteiger partial charge in [0.15, 0.2) is 23.1 Å². The smallest absolute Gasteiger partial charge is 0.164 e. The Morgan fingerprint density at radius 3 is 1.44 bits per heavy atom. The normalized spacial score (nSPS) is 11.9. The van der Waals surface area contributed by atoms with Crippen LogP contribution >= 0.6 is 0 Å². The highest BCUT2D eigenvalue weighted by molar-refractivity contribution is 6.70. The predicted octanol–water partition coefficient (Wildman–Crippen LogP) is -9.13. The first-order valence-electron chi connectivity index (χ1n) is 22.0. The van der Waals surface area contributed by atoms with Crippen molar-refractivity contribution in [3.05, 3.63) is 84.9 Å². The average Bonchev–Trinajstić information content (AvgIpc) is 3.99. The van der Waals surface area contributed by atoms with Gasteiger partial charge < -0.3 is 13.4 Å². The molecule has 0 N–H and O–H groups in total. The fraction of sp³-hybridized carbons (Fsp3) is 0. The number of hydrogen-bond donors (Lipinski definition) is 0. The molecule has 63 heavy (non-hydrogen) atoms. The highest BCUT2D eigenvalue weighted by Crippen LogP contribution is 2.41. The van der Waals surface area contributed by atoms with Gasteiger partial charge in [-0.3, -0.25) is 0 Å². The fourth-order valence-electron chi connectivity index (χ4n) is 10.6. The van der Waals surface area contributed by atoms with Crippen LogP contribution in [-0.4, -0.2) is 114 Å². The maximum absolute atomic E-state index is 6.95. The SMILES string of the molecule is Bc1c(B)c(B)c(-c2nc(-c3c(B)c(B)c4c(oc5c(B)c(B)c(B)c(B)c54)c3B)nc(-c3cccc4oc5c(-n6c7ccccc7c7ccccc76)cccc5c34)n2)c(B)c1B. The van der Waals surface area contributed by atoms with Crippen LogP contribution in [0.2, 0.25) is 0 Å². The van der Waals surface area contributed by atoms with Crippen molar-refractivity contribution in [1.82, 2.24) is 19.5 Å². The van der Waals surface area contributed by atoms with Gasteiger partial charge >= 0.3 is 0 Å². The van der Waals surface area contributed by atoms with Crippen molar-refractivity contribution in [2.24, 2.45) is 0 Å². The quantitative estimate of drug-likeness (QED) is 0.166. The molecule has 0 fully saturated rings. The zero-order valence-electron chi connectivity index (χ0n) is 38.2. The summed E-state index contributed by atoms with van der Waals surface area (Å²) < 4.78 is 16.2. The molecule has 7 aromatic carbocycles. The van der Waals surface area contributed by atoms with Gasteiger partial charge in [0.1, 0.15) is 111 Å². The van der Waals surface area contributed by atoms with Crippen molar-refractivity contribution in [3.8, 4) is 39.9 Å². The van der Waals surface area contributed by atoms with Crippen LogP contribution in [0.4, 0.5) is 0 Å². The molecular weight excluding hydrogens is 758 g/mol. The summed E-state index contributed by atoms with van der Waals surface area (Å²) in [7, 11) is 26.4. The number of rotatable bonds is 4. The third-order valence-corrected chi connectivity index (χ3v) is 15.0. The molecule has 6 nitrogen and oxygen atoms in total. The lowest BCUT2D eigenvalue weighted by molar-refractivity contribution is 0.666. The van der Waals surface area contributed by atoms with Gasteiger partial charge in [0.25, 0.3) is 0 Å². The van der Waals surface area contributed by atoms with Crippen LogP contribution in [0.5, 0.6) is 0 Å². The standard InChI is InChI=1S/C45H38B12N4O2/c46-28-24-25-29(47)34(52)38(56)39(57)42(25)63-41(24)33(51)27(30(28)48)45-59-43(58-44(60-45)26-31(49)35(53)37(55)36(54)32(26)50)18-10-6-14-22-23(18)17-9-5-13-21(40(17)62-22)61-19-11-3-1-7-15(19)16-8-2-4-12-20(16)61/h1-14H,46-57H2.